The van der Waals surface area contributed by atoms with E-state index in [1.54, 1.807) is 18.2 Å². The van der Waals surface area contributed by atoms with Gasteiger partial charge in [-0.3, -0.25) is 14.4 Å². The molecular weight excluding hydrogens is 348 g/mol. The van der Waals surface area contributed by atoms with Gasteiger partial charge in [0.1, 0.15) is 12.0 Å². The molecule has 0 bridgehead atoms. The van der Waals surface area contributed by atoms with Gasteiger partial charge in [-0.2, -0.15) is 0 Å². The molecule has 2 aromatic rings. The standard InChI is InChI=1S/C19H20N4O4/c24-11-14(9-13-7-8-20-18(13)26)22-17(25)10-21-19(27)16-6-5-12-3-1-2-4-15(12)23-16/h1-6,11,13-14H,7-10H2,(H,20,26)(H,21,27)(H,22,25). The Morgan fingerprint density at radius 3 is 2.81 bits per heavy atom. The monoisotopic (exact) mass is 368 g/mol. The van der Waals surface area contributed by atoms with Gasteiger partial charge in [-0.05, 0) is 25.0 Å². The fourth-order valence-corrected chi connectivity index (χ4v) is 3.03. The van der Waals surface area contributed by atoms with Gasteiger partial charge < -0.3 is 20.7 Å². The zero-order chi connectivity index (χ0) is 19.2. The third-order valence-corrected chi connectivity index (χ3v) is 4.45. The van der Waals surface area contributed by atoms with Crippen LogP contribution in [0.4, 0.5) is 0 Å². The molecule has 3 N–H and O–H groups in total. The molecule has 1 aliphatic heterocycles. The fraction of sp³-hybridized carbons (Fsp3) is 0.316. The van der Waals surface area contributed by atoms with Crippen molar-refractivity contribution in [1.29, 1.82) is 0 Å². The highest BCUT2D eigenvalue weighted by Crippen LogP contribution is 2.15. The van der Waals surface area contributed by atoms with Crippen LogP contribution in [0.3, 0.4) is 0 Å². The van der Waals surface area contributed by atoms with Crippen molar-refractivity contribution in [1.82, 2.24) is 20.9 Å². The maximum absolute atomic E-state index is 12.2. The molecule has 1 fully saturated rings. The molecule has 2 atom stereocenters. The lowest BCUT2D eigenvalue weighted by Crippen LogP contribution is -2.44. The van der Waals surface area contributed by atoms with Gasteiger partial charge in [-0.15, -0.1) is 0 Å². The third kappa shape index (κ3) is 4.66. The van der Waals surface area contributed by atoms with Crippen LogP contribution in [-0.4, -0.2) is 48.1 Å². The van der Waals surface area contributed by atoms with Gasteiger partial charge in [0.15, 0.2) is 0 Å². The first-order chi connectivity index (χ1) is 13.1. The number of pyridine rings is 1. The second-order valence-electron chi connectivity index (χ2n) is 6.39. The number of rotatable bonds is 7. The summed E-state index contributed by atoms with van der Waals surface area (Å²) in [6.07, 6.45) is 1.50. The highest BCUT2D eigenvalue weighted by Gasteiger charge is 2.27. The maximum Gasteiger partial charge on any atom is 0.270 e. The van der Waals surface area contributed by atoms with Crippen LogP contribution in [0.5, 0.6) is 0 Å². The SMILES string of the molecule is O=CC(CC1CCNC1=O)NC(=O)CNC(=O)c1ccc2ccccc2n1. The average molecular weight is 368 g/mol. The largest absolute Gasteiger partial charge is 0.356 e. The van der Waals surface area contributed by atoms with Crippen LogP contribution in [0.25, 0.3) is 10.9 Å². The summed E-state index contributed by atoms with van der Waals surface area (Å²) in [6.45, 7) is 0.298. The molecule has 1 saturated heterocycles. The molecule has 3 rings (SSSR count). The lowest BCUT2D eigenvalue weighted by atomic mass is 9.99. The summed E-state index contributed by atoms with van der Waals surface area (Å²) < 4.78 is 0. The first kappa shape index (κ1) is 18.5. The molecule has 1 aromatic heterocycles. The highest BCUT2D eigenvalue weighted by atomic mass is 16.2. The highest BCUT2D eigenvalue weighted by molar-refractivity contribution is 5.97. The number of amides is 3. The Bertz CT molecular complexity index is 883. The summed E-state index contributed by atoms with van der Waals surface area (Å²) in [5.74, 6) is -1.36. The van der Waals surface area contributed by atoms with Crippen molar-refractivity contribution in [3.8, 4) is 0 Å². The van der Waals surface area contributed by atoms with Gasteiger partial charge in [0.25, 0.3) is 5.91 Å². The summed E-state index contributed by atoms with van der Waals surface area (Å²) in [4.78, 5) is 51.2. The molecular formula is C19H20N4O4. The zero-order valence-electron chi connectivity index (χ0n) is 14.6. The number of fused-ring (bicyclic) bond motifs is 1. The summed E-state index contributed by atoms with van der Waals surface area (Å²) in [7, 11) is 0. The molecule has 140 valence electrons. The molecule has 3 amide bonds. The molecule has 0 spiro atoms. The van der Waals surface area contributed by atoms with Crippen molar-refractivity contribution in [3.63, 3.8) is 0 Å². The van der Waals surface area contributed by atoms with Gasteiger partial charge in [0, 0.05) is 17.8 Å². The van der Waals surface area contributed by atoms with Gasteiger partial charge in [-0.1, -0.05) is 24.3 Å². The number of carbonyl (C=O) groups excluding carboxylic acids is 4. The number of nitrogens with one attached hydrogen (secondary N) is 3. The quantitative estimate of drug-likeness (QED) is 0.603. The van der Waals surface area contributed by atoms with E-state index in [2.05, 4.69) is 20.9 Å². The smallest absolute Gasteiger partial charge is 0.270 e. The van der Waals surface area contributed by atoms with E-state index in [1.807, 2.05) is 18.2 Å². The number of aromatic nitrogens is 1. The van der Waals surface area contributed by atoms with Crippen LogP contribution in [-0.2, 0) is 14.4 Å². The number of carbonyl (C=O) groups is 4. The zero-order valence-corrected chi connectivity index (χ0v) is 14.6. The Hall–Kier alpha value is -3.29. The molecule has 0 saturated carbocycles. The average Bonchev–Trinajstić information content (AvgIpc) is 3.09. The third-order valence-electron chi connectivity index (χ3n) is 4.45. The number of hydrogen-bond acceptors (Lipinski definition) is 5. The van der Waals surface area contributed by atoms with E-state index in [9.17, 15) is 19.2 Å². The summed E-state index contributed by atoms with van der Waals surface area (Å²) in [5, 5.41) is 8.62. The molecule has 0 radical (unpaired) electrons. The second kappa shape index (κ2) is 8.39. The van der Waals surface area contributed by atoms with E-state index in [4.69, 9.17) is 0 Å². The molecule has 8 heteroatoms. The summed E-state index contributed by atoms with van der Waals surface area (Å²) >= 11 is 0. The Morgan fingerprint density at radius 1 is 1.26 bits per heavy atom. The van der Waals surface area contributed by atoms with Crippen molar-refractivity contribution < 1.29 is 19.2 Å². The molecule has 0 aliphatic carbocycles. The molecule has 8 nitrogen and oxygen atoms in total. The Labute approximate surface area is 155 Å². The van der Waals surface area contributed by atoms with Crippen LogP contribution in [0.2, 0.25) is 0 Å². The Morgan fingerprint density at radius 2 is 2.07 bits per heavy atom. The first-order valence-corrected chi connectivity index (χ1v) is 8.73. The van der Waals surface area contributed by atoms with Crippen LogP contribution < -0.4 is 16.0 Å². The van der Waals surface area contributed by atoms with Crippen molar-refractivity contribution in [3.05, 3.63) is 42.1 Å². The van der Waals surface area contributed by atoms with E-state index >= 15 is 0 Å². The van der Waals surface area contributed by atoms with Crippen LogP contribution in [0.1, 0.15) is 23.3 Å². The minimum absolute atomic E-state index is 0.105. The second-order valence-corrected chi connectivity index (χ2v) is 6.39. The predicted octanol–water partition coefficient (Wildman–Crippen LogP) is 0.175. The number of nitrogens with zero attached hydrogens (tertiary/aromatic N) is 1. The van der Waals surface area contributed by atoms with Crippen molar-refractivity contribution >= 4 is 34.9 Å². The summed E-state index contributed by atoms with van der Waals surface area (Å²) in [5.41, 5.74) is 0.890. The summed E-state index contributed by atoms with van der Waals surface area (Å²) in [6, 6.07) is 10.0. The van der Waals surface area contributed by atoms with E-state index in [0.717, 1.165) is 5.39 Å². The molecule has 1 aliphatic rings. The van der Waals surface area contributed by atoms with Gasteiger partial charge in [0.2, 0.25) is 11.8 Å². The normalized spacial score (nSPS) is 17.2. The Balaban J connectivity index is 1.51. The van der Waals surface area contributed by atoms with Crippen LogP contribution in [0, 0.1) is 5.92 Å². The number of para-hydroxylation sites is 1. The first-order valence-electron chi connectivity index (χ1n) is 8.73. The van der Waals surface area contributed by atoms with Crippen LogP contribution in [0.15, 0.2) is 36.4 Å². The van der Waals surface area contributed by atoms with Crippen molar-refractivity contribution in [2.45, 2.75) is 18.9 Å². The Kier molecular flexibility index (Phi) is 5.75. The lowest BCUT2D eigenvalue weighted by Gasteiger charge is -2.15. The van der Waals surface area contributed by atoms with E-state index in [-0.39, 0.29) is 30.5 Å². The number of hydrogen-bond donors (Lipinski definition) is 3. The minimum atomic E-state index is -0.762. The fourth-order valence-electron chi connectivity index (χ4n) is 3.03. The van der Waals surface area contributed by atoms with Crippen molar-refractivity contribution in [2.24, 2.45) is 5.92 Å². The van der Waals surface area contributed by atoms with E-state index < -0.39 is 17.9 Å². The van der Waals surface area contributed by atoms with Gasteiger partial charge in [0.05, 0.1) is 18.1 Å². The molecule has 1 aromatic carbocycles. The molecule has 2 heterocycles. The van der Waals surface area contributed by atoms with E-state index in [0.29, 0.717) is 24.8 Å². The minimum Gasteiger partial charge on any atom is -0.356 e. The maximum atomic E-state index is 12.2. The number of aldehydes is 1. The topological polar surface area (TPSA) is 117 Å². The van der Waals surface area contributed by atoms with Gasteiger partial charge in [-0.25, -0.2) is 4.98 Å². The molecule has 2 unspecified atom stereocenters. The number of benzene rings is 1. The van der Waals surface area contributed by atoms with E-state index in [1.165, 1.54) is 0 Å². The predicted molar refractivity (Wildman–Crippen MR) is 97.8 cm³/mol. The van der Waals surface area contributed by atoms with Gasteiger partial charge >= 0.3 is 0 Å². The van der Waals surface area contributed by atoms with Crippen LogP contribution >= 0.6 is 0 Å². The lowest BCUT2D eigenvalue weighted by molar-refractivity contribution is -0.125. The molecule has 27 heavy (non-hydrogen) atoms. The van der Waals surface area contributed by atoms with Crippen molar-refractivity contribution in [2.75, 3.05) is 13.1 Å².